The summed E-state index contributed by atoms with van der Waals surface area (Å²) < 4.78 is 41.5. The standard InChI is InChI=1S/C23H29NO4.C23H27NO3.C18H19NO3.C18H17NO3.C18H21NO2.2CH4.B.FH.HI.Na.H2.H/c1-15-9-8-11-18-20(25)17(13-14-24(5)22(26)28-23(2,3)4)16-10-6-7-12-19(16)27-21(15)18;1-16-9-8-10-18-15-17(13-14-24(5)22(25)27-23(2,3)4)19-11-6-7-12-20(19)26-21(16)18;2*1-11-6-5-8-13-17(21)14(10-16(20)19-2)12-7-3-4-9-15(12)22-18(11)13;1-12-6-5-8-15-17(20)14(10-11-19-2)13-7-3-4-9-16(13)21-18(12)15;;;;;;;;/h6-12,17,20,25H,13-14H2,1-5H3;6-12,15H,13-14H2,1-5H3;3-9,14,17,21H,10H2,1-2H3,(H,19,20);3-9,14H,10H2,1-2H3,(H,19,20);3-9,14,17,19-20H,10-11H2,1-2H3;2*1H4;;2*1H;;1H;/q;;;;;;;;;;+1;;-1. The van der Waals surface area contributed by atoms with E-state index in [-0.39, 0.29) is 145 Å². The number of aliphatic hydroxyl groups is 3. The number of amides is 4. The smallest absolute Gasteiger partial charge is 1.00 e. The molecule has 667 valence electrons. The average Bonchev–Trinajstić information content (AvgIpc) is 1.65. The van der Waals surface area contributed by atoms with Crippen molar-refractivity contribution in [3.63, 3.8) is 0 Å². The van der Waals surface area contributed by atoms with E-state index >= 15 is 0 Å². The van der Waals surface area contributed by atoms with Crippen molar-refractivity contribution in [3.05, 3.63) is 296 Å². The Balaban J connectivity index is 0.000000408. The van der Waals surface area contributed by atoms with Gasteiger partial charge in [-0.2, -0.15) is 0 Å². The number of nitrogens with one attached hydrogen (secondary N) is 3. The number of halogens is 2. The minimum atomic E-state index is -0.782. The van der Waals surface area contributed by atoms with Crippen molar-refractivity contribution < 1.29 is 110 Å². The quantitative estimate of drug-likeness (QED) is 0.0463. The van der Waals surface area contributed by atoms with E-state index in [4.69, 9.17) is 33.2 Å². The Kier molecular flexibility index (Phi) is 40.5. The van der Waals surface area contributed by atoms with Crippen LogP contribution in [0, 0.1) is 34.6 Å². The van der Waals surface area contributed by atoms with Gasteiger partial charge in [0.15, 0.2) is 5.78 Å². The molecule has 0 fully saturated rings. The molecular formula is C102H126BFIN5NaO15. The molecule has 10 aromatic rings. The molecule has 5 aliphatic rings. The van der Waals surface area contributed by atoms with E-state index in [1.165, 1.54) is 0 Å². The predicted molar refractivity (Wildman–Crippen MR) is 510 cm³/mol. The molecule has 5 heterocycles. The van der Waals surface area contributed by atoms with Crippen molar-refractivity contribution in [1.29, 1.82) is 0 Å². The molecule has 20 nitrogen and oxygen atoms in total. The summed E-state index contributed by atoms with van der Waals surface area (Å²) in [6.07, 6.45) is 1.94. The van der Waals surface area contributed by atoms with Crippen LogP contribution in [-0.4, -0.2) is 129 Å². The fourth-order valence-corrected chi connectivity index (χ4v) is 15.3. The summed E-state index contributed by atoms with van der Waals surface area (Å²) in [6.45, 7) is 23.0. The number of fused-ring (bicyclic) bond motifs is 10. The number of ketones is 1. The molecule has 0 saturated carbocycles. The molecule has 0 aliphatic carbocycles. The number of Topliss-reactive ketones (excluding diaryl/α,β-unsaturated/α-hetero) is 1. The molecule has 7 atom stereocenters. The predicted octanol–water partition coefficient (Wildman–Crippen LogP) is 19.9. The van der Waals surface area contributed by atoms with Crippen molar-refractivity contribution in [2.75, 3.05) is 54.9 Å². The van der Waals surface area contributed by atoms with E-state index in [0.29, 0.717) is 60.2 Å². The second kappa shape index (κ2) is 48.0. The van der Waals surface area contributed by atoms with Crippen LogP contribution >= 0.6 is 24.0 Å². The van der Waals surface area contributed by atoms with E-state index in [1.54, 1.807) is 44.1 Å². The monoisotopic (exact) mass is 1840 g/mol. The molecule has 126 heavy (non-hydrogen) atoms. The molecule has 0 aromatic heterocycles. The largest absolute Gasteiger partial charge is 1.00 e. The third-order valence-corrected chi connectivity index (χ3v) is 21.7. The molecule has 5 aliphatic heterocycles. The van der Waals surface area contributed by atoms with Crippen LogP contribution in [0.25, 0.3) is 11.6 Å². The molecule has 24 heteroatoms. The number of hydrogen-bond donors (Lipinski definition) is 6. The number of nitrogens with zero attached hydrogens (tertiary/aromatic N) is 2. The molecule has 0 saturated heterocycles. The third-order valence-electron chi connectivity index (χ3n) is 21.7. The summed E-state index contributed by atoms with van der Waals surface area (Å²) in [4.78, 5) is 64.3. The second-order valence-electron chi connectivity index (χ2n) is 32.8. The van der Waals surface area contributed by atoms with Gasteiger partial charge in [-0.25, -0.2) is 9.59 Å². The Morgan fingerprint density at radius 1 is 0.429 bits per heavy atom. The van der Waals surface area contributed by atoms with Gasteiger partial charge >= 0.3 is 41.7 Å². The first-order valence-corrected chi connectivity index (χ1v) is 40.9. The number of ether oxygens (including phenoxy) is 7. The van der Waals surface area contributed by atoms with E-state index < -0.39 is 35.4 Å². The summed E-state index contributed by atoms with van der Waals surface area (Å²) in [5, 5.41) is 41.3. The SMILES string of the molecule is C.C.CNC(=O)CC1C(=O)c2cccc(C)c2Oc2ccccc21.CNC(=O)CC1c2ccccc2Oc2c(C)cccc2C1O.CNCCC1c2ccccc2Oc2c(C)cccc2C1O.Cc1cccc2c1Oc1ccccc1C(CCN(C)C(=O)OC(C)(C)C)=C2.Cc1cccc2c1Oc1ccccc1C(CCN(C)C(=O)OC(C)(C)C)C2O.F.I.[B].[H-].[HH].[Na+]. The number of benzene rings is 10. The summed E-state index contributed by atoms with van der Waals surface area (Å²) in [5.74, 6) is 6.09. The number of para-hydroxylation sites is 10. The van der Waals surface area contributed by atoms with Gasteiger partial charge < -0.3 is 75.7 Å². The number of carbonyl (C=O) groups excluding carboxylic acids is 5. The van der Waals surface area contributed by atoms with Gasteiger partial charge in [-0.3, -0.25) is 19.1 Å². The molecule has 4 amide bonds. The first kappa shape index (κ1) is 106. The summed E-state index contributed by atoms with van der Waals surface area (Å²) in [5.41, 5.74) is 13.8. The normalized spacial score (nSPS) is 16.4. The zero-order valence-corrected chi connectivity index (χ0v) is 78.3. The van der Waals surface area contributed by atoms with Gasteiger partial charge in [-0.15, -0.1) is 24.0 Å². The molecule has 0 spiro atoms. The maximum atomic E-state index is 12.9. The second-order valence-corrected chi connectivity index (χ2v) is 32.8. The average molecular weight is 1840 g/mol. The molecule has 7 unspecified atom stereocenters. The maximum absolute atomic E-state index is 12.9. The van der Waals surface area contributed by atoms with Crippen LogP contribution in [0.5, 0.6) is 57.5 Å². The molecule has 6 N–H and O–H groups in total. The molecular weight excluding hydrogens is 1710 g/mol. The summed E-state index contributed by atoms with van der Waals surface area (Å²) in [6, 6.07) is 68.0. The minimum absolute atomic E-state index is 0. The first-order valence-electron chi connectivity index (χ1n) is 40.9. The Morgan fingerprint density at radius 3 is 1.21 bits per heavy atom. The number of carbonyl (C=O) groups is 5. The first-order chi connectivity index (χ1) is 57.4. The van der Waals surface area contributed by atoms with Crippen LogP contribution in [0.4, 0.5) is 14.3 Å². The zero-order valence-electron chi connectivity index (χ0n) is 75.0. The number of aliphatic hydroxyl groups excluding tert-OH is 3. The minimum Gasteiger partial charge on any atom is -1.00 e. The van der Waals surface area contributed by atoms with Gasteiger partial charge in [0, 0.05) is 132 Å². The Bertz CT molecular complexity index is 5400. The van der Waals surface area contributed by atoms with Crippen LogP contribution in [0.1, 0.15) is 222 Å². The van der Waals surface area contributed by atoms with Crippen molar-refractivity contribution in [3.8, 4) is 57.5 Å². The van der Waals surface area contributed by atoms with Crippen LogP contribution in [0.2, 0.25) is 0 Å². The molecule has 0 bridgehead atoms. The van der Waals surface area contributed by atoms with Gasteiger partial charge in [-0.05, 0) is 185 Å². The topological polar surface area (TPSA) is 253 Å². The number of aryl methyl sites for hydroxylation is 5. The van der Waals surface area contributed by atoms with Crippen molar-refractivity contribution in [2.24, 2.45) is 0 Å². The Hall–Kier alpha value is -10.3. The van der Waals surface area contributed by atoms with E-state index in [1.807, 2.05) is 258 Å². The van der Waals surface area contributed by atoms with Crippen LogP contribution in [0.3, 0.4) is 0 Å². The maximum Gasteiger partial charge on any atom is 1.00 e. The summed E-state index contributed by atoms with van der Waals surface area (Å²) >= 11 is 0. The summed E-state index contributed by atoms with van der Waals surface area (Å²) in [7, 11) is 8.60. The van der Waals surface area contributed by atoms with Gasteiger partial charge in [0.05, 0.1) is 29.8 Å². The van der Waals surface area contributed by atoms with Gasteiger partial charge in [0.25, 0.3) is 0 Å². The Labute approximate surface area is 787 Å². The molecule has 10 aromatic carbocycles. The van der Waals surface area contributed by atoms with E-state index in [9.17, 15) is 39.3 Å². The zero-order chi connectivity index (χ0) is 86.3. The molecule has 3 radical (unpaired) electrons. The van der Waals surface area contributed by atoms with Gasteiger partial charge in [0.1, 0.15) is 68.7 Å². The number of hydrogen-bond acceptors (Lipinski definition) is 16. The van der Waals surface area contributed by atoms with Crippen molar-refractivity contribution in [2.45, 2.75) is 176 Å². The van der Waals surface area contributed by atoms with Gasteiger partial charge in [-0.1, -0.05) is 191 Å². The third kappa shape index (κ3) is 26.2. The van der Waals surface area contributed by atoms with E-state index in [0.717, 1.165) is 125 Å². The number of rotatable bonds is 13. The van der Waals surface area contributed by atoms with E-state index in [2.05, 4.69) is 53.2 Å². The van der Waals surface area contributed by atoms with Crippen LogP contribution in [0.15, 0.2) is 212 Å². The molecule has 15 rings (SSSR count). The van der Waals surface area contributed by atoms with Gasteiger partial charge in [0.2, 0.25) is 11.8 Å². The Morgan fingerprint density at radius 2 is 0.762 bits per heavy atom. The fourth-order valence-electron chi connectivity index (χ4n) is 15.3. The van der Waals surface area contributed by atoms with Crippen LogP contribution in [-0.2, 0) is 19.1 Å². The van der Waals surface area contributed by atoms with Crippen LogP contribution < -0.4 is 69.2 Å². The van der Waals surface area contributed by atoms with Crippen molar-refractivity contribution in [1.82, 2.24) is 25.8 Å². The fraction of sp³-hybridized carbons (Fsp3) is 0.343. The van der Waals surface area contributed by atoms with Crippen molar-refractivity contribution >= 4 is 73.8 Å².